The molecule has 2 aromatic rings. The average molecular weight is 437 g/mol. The summed E-state index contributed by atoms with van der Waals surface area (Å²) in [6.07, 6.45) is -3.79. The predicted molar refractivity (Wildman–Crippen MR) is 105 cm³/mol. The second-order valence-electron chi connectivity index (χ2n) is 7.68. The zero-order valence-electron chi connectivity index (χ0n) is 16.5. The van der Waals surface area contributed by atoms with Crippen molar-refractivity contribution in [1.29, 1.82) is 0 Å². The van der Waals surface area contributed by atoms with Crippen LogP contribution >= 0.6 is 11.6 Å². The molecule has 0 N–H and O–H groups in total. The summed E-state index contributed by atoms with van der Waals surface area (Å²) in [5.41, 5.74) is 1.70. The molecule has 0 aliphatic carbocycles. The van der Waals surface area contributed by atoms with E-state index in [4.69, 9.17) is 16.3 Å². The van der Waals surface area contributed by atoms with Crippen molar-refractivity contribution in [3.8, 4) is 0 Å². The summed E-state index contributed by atoms with van der Waals surface area (Å²) in [5, 5.41) is 12.0. The van der Waals surface area contributed by atoms with Crippen LogP contribution in [-0.2, 0) is 17.6 Å². The molecule has 8 heteroatoms. The van der Waals surface area contributed by atoms with Crippen molar-refractivity contribution in [2.24, 2.45) is 5.92 Å². The van der Waals surface area contributed by atoms with Gasteiger partial charge in [-0.1, -0.05) is 61.8 Å². The third-order valence-electron chi connectivity index (χ3n) is 5.23. The van der Waals surface area contributed by atoms with E-state index in [9.17, 15) is 23.5 Å². The molecule has 30 heavy (non-hydrogen) atoms. The lowest BCUT2D eigenvalue weighted by Gasteiger charge is -2.25. The van der Waals surface area contributed by atoms with E-state index in [0.717, 1.165) is 0 Å². The Kier molecular flexibility index (Phi) is 6.31. The van der Waals surface area contributed by atoms with Crippen LogP contribution in [0.4, 0.5) is 18.4 Å². The Balaban J connectivity index is 1.84. The van der Waals surface area contributed by atoms with Gasteiger partial charge in [0.25, 0.3) is 5.92 Å². The number of alkyl halides is 2. The predicted octanol–water partition coefficient (Wildman–Crippen LogP) is 4.62. The summed E-state index contributed by atoms with van der Waals surface area (Å²) >= 11 is 6.01. The Morgan fingerprint density at radius 2 is 1.83 bits per heavy atom. The Hall–Kier alpha value is -2.67. The molecule has 160 valence electrons. The topological polar surface area (TPSA) is 69.7 Å². The van der Waals surface area contributed by atoms with E-state index in [-0.39, 0.29) is 12.8 Å². The van der Waals surface area contributed by atoms with E-state index in [1.165, 1.54) is 13.8 Å². The van der Waals surface area contributed by atoms with E-state index in [2.05, 4.69) is 0 Å². The molecule has 2 atom stereocenters. The van der Waals surface area contributed by atoms with Gasteiger partial charge in [-0.25, -0.2) is 13.6 Å². The van der Waals surface area contributed by atoms with Crippen LogP contribution in [0.3, 0.4) is 0 Å². The highest BCUT2D eigenvalue weighted by molar-refractivity contribution is 6.30. The molecule has 5 nitrogen and oxygen atoms in total. The Labute approximate surface area is 178 Å². The van der Waals surface area contributed by atoms with E-state index in [1.54, 1.807) is 48.5 Å². The summed E-state index contributed by atoms with van der Waals surface area (Å²) in [6.45, 7) is 2.94. The van der Waals surface area contributed by atoms with Crippen LogP contribution in [0.5, 0.6) is 0 Å². The van der Waals surface area contributed by atoms with E-state index in [0.29, 0.717) is 26.6 Å². The number of carboxylic acid groups (broad SMARTS) is 1. The first-order valence-corrected chi connectivity index (χ1v) is 9.88. The van der Waals surface area contributed by atoms with Crippen molar-refractivity contribution in [2.75, 3.05) is 0 Å². The fraction of sp³-hybridized carbons (Fsp3) is 0.364. The number of nitrogens with zero attached hydrogens (tertiary/aromatic N) is 1. The quantitative estimate of drug-likeness (QED) is 0.662. The standard InChI is InChI=1S/C22H22ClF2NO4/c1-13(2)22(24,25)12-15-8-6-14(7-9-15)10-18-19(16-4-3-5-17(23)11-16)30-21(29)26(18)20(27)28/h3-9,11,13,18-19H,10,12H2,1-2H3,(H,27,28)/p-1. The summed E-state index contributed by atoms with van der Waals surface area (Å²) in [5.74, 6) is -3.61. The van der Waals surface area contributed by atoms with Crippen LogP contribution in [0, 0.1) is 5.92 Å². The van der Waals surface area contributed by atoms with Crippen LogP contribution < -0.4 is 5.11 Å². The lowest BCUT2D eigenvalue weighted by Crippen LogP contribution is -2.47. The fourth-order valence-corrected chi connectivity index (χ4v) is 3.61. The van der Waals surface area contributed by atoms with Gasteiger partial charge in [-0.3, -0.25) is 4.90 Å². The van der Waals surface area contributed by atoms with Gasteiger partial charge < -0.3 is 14.6 Å². The Morgan fingerprint density at radius 3 is 2.40 bits per heavy atom. The molecule has 2 amide bonds. The van der Waals surface area contributed by atoms with Crippen molar-refractivity contribution in [2.45, 2.75) is 44.8 Å². The molecule has 1 fully saturated rings. The largest absolute Gasteiger partial charge is 0.529 e. The second kappa shape index (κ2) is 8.60. The van der Waals surface area contributed by atoms with Gasteiger partial charge in [0.1, 0.15) is 6.09 Å². The van der Waals surface area contributed by atoms with Gasteiger partial charge in [-0.15, -0.1) is 0 Å². The molecule has 0 radical (unpaired) electrons. The highest BCUT2D eigenvalue weighted by atomic mass is 35.5. The number of amides is 2. The molecule has 1 heterocycles. The van der Waals surface area contributed by atoms with Gasteiger partial charge in [0.05, 0.1) is 6.04 Å². The number of hydrogen-bond donors (Lipinski definition) is 0. The second-order valence-corrected chi connectivity index (χ2v) is 8.11. The zero-order valence-corrected chi connectivity index (χ0v) is 17.2. The Bertz CT molecular complexity index is 933. The zero-order chi connectivity index (χ0) is 22.1. The van der Waals surface area contributed by atoms with Crippen LogP contribution in [0.1, 0.15) is 36.6 Å². The summed E-state index contributed by atoms with van der Waals surface area (Å²) < 4.78 is 33.2. The Morgan fingerprint density at radius 1 is 1.20 bits per heavy atom. The summed E-state index contributed by atoms with van der Waals surface area (Å²) in [6, 6.07) is 12.2. The van der Waals surface area contributed by atoms with Gasteiger partial charge in [-0.05, 0) is 35.2 Å². The summed E-state index contributed by atoms with van der Waals surface area (Å²) in [4.78, 5) is 24.2. The smallest absolute Gasteiger partial charge is 0.416 e. The summed E-state index contributed by atoms with van der Waals surface area (Å²) in [7, 11) is 0. The van der Waals surface area contributed by atoms with Crippen molar-refractivity contribution in [1.82, 2.24) is 4.90 Å². The van der Waals surface area contributed by atoms with Crippen LogP contribution in [0.15, 0.2) is 48.5 Å². The van der Waals surface area contributed by atoms with Crippen molar-refractivity contribution >= 4 is 23.8 Å². The number of benzene rings is 2. The number of carbonyl (C=O) groups excluding carboxylic acids is 2. The molecule has 0 aromatic heterocycles. The van der Waals surface area contributed by atoms with Gasteiger partial charge in [0.2, 0.25) is 0 Å². The van der Waals surface area contributed by atoms with Gasteiger partial charge >= 0.3 is 6.09 Å². The van der Waals surface area contributed by atoms with Gasteiger partial charge in [-0.2, -0.15) is 0 Å². The number of cyclic esters (lactones) is 1. The molecule has 0 spiro atoms. The third-order valence-corrected chi connectivity index (χ3v) is 5.47. The van der Waals surface area contributed by atoms with Gasteiger partial charge in [0, 0.05) is 17.4 Å². The lowest BCUT2D eigenvalue weighted by molar-refractivity contribution is -0.262. The number of carbonyl (C=O) groups is 2. The SMILES string of the molecule is CC(C)C(F)(F)Cc1ccc(CC2C(c3cccc(Cl)c3)OC(=O)N2C(=O)[O-])cc1. The first-order chi connectivity index (χ1) is 14.1. The van der Waals surface area contributed by atoms with E-state index < -0.39 is 36.2 Å². The minimum Gasteiger partial charge on any atom is -0.529 e. The van der Waals surface area contributed by atoms with Crippen LogP contribution in [0.25, 0.3) is 0 Å². The maximum atomic E-state index is 14.0. The molecule has 0 bridgehead atoms. The monoisotopic (exact) mass is 436 g/mol. The van der Waals surface area contributed by atoms with Gasteiger partial charge in [0.15, 0.2) is 6.10 Å². The molecule has 1 saturated heterocycles. The molecule has 2 unspecified atom stereocenters. The van der Waals surface area contributed by atoms with Crippen molar-refractivity contribution in [3.05, 3.63) is 70.2 Å². The minimum atomic E-state index is -2.82. The normalized spacial score (nSPS) is 19.3. The molecular weight excluding hydrogens is 416 g/mol. The molecule has 2 aromatic carbocycles. The molecular formula is C22H21ClF2NO4-. The number of hydrogen-bond acceptors (Lipinski definition) is 4. The average Bonchev–Trinajstić information content (AvgIpc) is 2.99. The first kappa shape index (κ1) is 22.0. The van der Waals surface area contributed by atoms with Crippen LogP contribution in [-0.4, -0.2) is 29.1 Å². The number of imide groups is 1. The third kappa shape index (κ3) is 4.73. The highest BCUT2D eigenvalue weighted by Crippen LogP contribution is 2.35. The molecule has 3 rings (SSSR count). The lowest BCUT2D eigenvalue weighted by atomic mass is 9.94. The van der Waals surface area contributed by atoms with Crippen molar-refractivity contribution < 1.29 is 28.2 Å². The molecule has 0 saturated carbocycles. The molecule has 1 aliphatic heterocycles. The minimum absolute atomic E-state index is 0.137. The highest BCUT2D eigenvalue weighted by Gasteiger charge is 2.43. The fourth-order valence-electron chi connectivity index (χ4n) is 3.41. The maximum Gasteiger partial charge on any atom is 0.416 e. The van der Waals surface area contributed by atoms with Crippen LogP contribution in [0.2, 0.25) is 5.02 Å². The number of rotatable bonds is 6. The first-order valence-electron chi connectivity index (χ1n) is 9.50. The van der Waals surface area contributed by atoms with Crippen molar-refractivity contribution in [3.63, 3.8) is 0 Å². The number of ether oxygens (including phenoxy) is 1. The maximum absolute atomic E-state index is 14.0. The number of halogens is 3. The van der Waals surface area contributed by atoms with E-state index in [1.807, 2.05) is 0 Å². The molecule has 1 aliphatic rings. The van der Waals surface area contributed by atoms with E-state index >= 15 is 0 Å².